The van der Waals surface area contributed by atoms with Crippen molar-refractivity contribution in [1.82, 2.24) is 10.2 Å². The zero-order valence-corrected chi connectivity index (χ0v) is 13.3. The molecule has 2 aliphatic heterocycles. The highest BCUT2D eigenvalue weighted by Gasteiger charge is 2.31. The van der Waals surface area contributed by atoms with Crippen molar-refractivity contribution in [2.45, 2.75) is 13.3 Å². The second kappa shape index (κ2) is 6.24. The van der Waals surface area contributed by atoms with Gasteiger partial charge in [0.05, 0.1) is 7.11 Å². The first kappa shape index (κ1) is 14.7. The third-order valence-electron chi connectivity index (χ3n) is 4.85. The third kappa shape index (κ3) is 3.50. The SMILES string of the molecule is COc1cccc(N2CCN(CC3(C)CCNC3)CC2)c1. The van der Waals surface area contributed by atoms with E-state index in [-0.39, 0.29) is 0 Å². The van der Waals surface area contributed by atoms with Gasteiger partial charge in [0.15, 0.2) is 0 Å². The number of piperazine rings is 1. The van der Waals surface area contributed by atoms with E-state index in [9.17, 15) is 0 Å². The van der Waals surface area contributed by atoms with Gasteiger partial charge in [0.1, 0.15) is 5.75 Å². The average Bonchev–Trinajstić information content (AvgIpc) is 2.94. The minimum Gasteiger partial charge on any atom is -0.497 e. The van der Waals surface area contributed by atoms with Crippen molar-refractivity contribution < 1.29 is 4.74 Å². The van der Waals surface area contributed by atoms with E-state index < -0.39 is 0 Å². The first-order valence-corrected chi connectivity index (χ1v) is 8.01. The highest BCUT2D eigenvalue weighted by molar-refractivity contribution is 5.51. The summed E-state index contributed by atoms with van der Waals surface area (Å²) in [6, 6.07) is 8.40. The number of nitrogens with zero attached hydrogens (tertiary/aromatic N) is 2. The van der Waals surface area contributed by atoms with Crippen molar-refractivity contribution in [2.24, 2.45) is 5.41 Å². The van der Waals surface area contributed by atoms with Gasteiger partial charge in [0.25, 0.3) is 0 Å². The number of hydrogen-bond donors (Lipinski definition) is 1. The molecule has 116 valence electrons. The minimum atomic E-state index is 0.470. The van der Waals surface area contributed by atoms with Crippen LogP contribution in [0.3, 0.4) is 0 Å². The first-order valence-electron chi connectivity index (χ1n) is 8.01. The third-order valence-corrected chi connectivity index (χ3v) is 4.85. The summed E-state index contributed by atoms with van der Waals surface area (Å²) in [5, 5.41) is 3.50. The summed E-state index contributed by atoms with van der Waals surface area (Å²) >= 11 is 0. The van der Waals surface area contributed by atoms with Gasteiger partial charge in [-0.2, -0.15) is 0 Å². The van der Waals surface area contributed by atoms with E-state index in [0.717, 1.165) is 31.9 Å². The molecule has 2 saturated heterocycles. The second-order valence-electron chi connectivity index (χ2n) is 6.70. The topological polar surface area (TPSA) is 27.7 Å². The second-order valence-corrected chi connectivity index (χ2v) is 6.70. The Kier molecular flexibility index (Phi) is 4.36. The van der Waals surface area contributed by atoms with Gasteiger partial charge in [0, 0.05) is 51.0 Å². The number of hydrogen-bond acceptors (Lipinski definition) is 4. The van der Waals surface area contributed by atoms with E-state index in [2.05, 4.69) is 40.2 Å². The first-order chi connectivity index (χ1) is 10.2. The van der Waals surface area contributed by atoms with Crippen LogP contribution in [-0.4, -0.2) is 57.8 Å². The summed E-state index contributed by atoms with van der Waals surface area (Å²) in [6.07, 6.45) is 1.31. The van der Waals surface area contributed by atoms with Crippen LogP contribution in [0, 0.1) is 5.41 Å². The molecular formula is C17H27N3O. The van der Waals surface area contributed by atoms with Crippen LogP contribution >= 0.6 is 0 Å². The molecule has 0 aliphatic carbocycles. The number of methoxy groups -OCH3 is 1. The summed E-state index contributed by atoms with van der Waals surface area (Å²) in [5.74, 6) is 0.944. The van der Waals surface area contributed by atoms with Crippen molar-refractivity contribution >= 4 is 5.69 Å². The maximum atomic E-state index is 5.32. The standard InChI is InChI=1S/C17H27N3O/c1-17(6-7-18-13-17)14-19-8-10-20(11-9-19)15-4-3-5-16(12-15)21-2/h3-5,12,18H,6-11,13-14H2,1-2H3. The molecule has 0 spiro atoms. The van der Waals surface area contributed by atoms with E-state index in [0.29, 0.717) is 5.41 Å². The summed E-state index contributed by atoms with van der Waals surface area (Å²) in [7, 11) is 1.73. The maximum absolute atomic E-state index is 5.32. The molecule has 0 radical (unpaired) electrons. The van der Waals surface area contributed by atoms with Gasteiger partial charge in [-0.3, -0.25) is 4.90 Å². The smallest absolute Gasteiger partial charge is 0.120 e. The van der Waals surface area contributed by atoms with Crippen LogP contribution in [0.1, 0.15) is 13.3 Å². The summed E-state index contributed by atoms with van der Waals surface area (Å²) in [5.41, 5.74) is 1.75. The van der Waals surface area contributed by atoms with Gasteiger partial charge < -0.3 is 15.0 Å². The van der Waals surface area contributed by atoms with E-state index in [4.69, 9.17) is 4.74 Å². The Labute approximate surface area is 128 Å². The summed E-state index contributed by atoms with van der Waals surface area (Å²) in [6.45, 7) is 10.5. The van der Waals surface area contributed by atoms with Crippen LogP contribution in [0.15, 0.2) is 24.3 Å². The molecule has 1 N–H and O–H groups in total. The Bertz CT molecular complexity index is 463. The van der Waals surface area contributed by atoms with Gasteiger partial charge in [0.2, 0.25) is 0 Å². The molecule has 4 nitrogen and oxygen atoms in total. The predicted molar refractivity (Wildman–Crippen MR) is 87.2 cm³/mol. The number of anilines is 1. The minimum absolute atomic E-state index is 0.470. The van der Waals surface area contributed by atoms with Crippen LogP contribution in [-0.2, 0) is 0 Å². The van der Waals surface area contributed by atoms with Gasteiger partial charge in [-0.25, -0.2) is 0 Å². The number of nitrogens with one attached hydrogen (secondary N) is 1. The van der Waals surface area contributed by atoms with E-state index in [1.165, 1.54) is 31.7 Å². The number of ether oxygens (including phenoxy) is 1. The molecule has 2 heterocycles. The van der Waals surface area contributed by atoms with E-state index in [1.807, 2.05) is 6.07 Å². The van der Waals surface area contributed by atoms with Gasteiger partial charge >= 0.3 is 0 Å². The van der Waals surface area contributed by atoms with Crippen LogP contribution in [0.5, 0.6) is 5.75 Å². The lowest BCUT2D eigenvalue weighted by molar-refractivity contribution is 0.169. The molecule has 0 aromatic heterocycles. The highest BCUT2D eigenvalue weighted by Crippen LogP contribution is 2.27. The molecule has 1 aromatic carbocycles. The van der Waals surface area contributed by atoms with E-state index in [1.54, 1.807) is 7.11 Å². The number of rotatable bonds is 4. The van der Waals surface area contributed by atoms with Gasteiger partial charge in [-0.1, -0.05) is 13.0 Å². The lowest BCUT2D eigenvalue weighted by Gasteiger charge is -2.39. The Morgan fingerprint density at radius 3 is 2.71 bits per heavy atom. The highest BCUT2D eigenvalue weighted by atomic mass is 16.5. The monoisotopic (exact) mass is 289 g/mol. The molecule has 2 aliphatic rings. The van der Waals surface area contributed by atoms with Crippen LogP contribution in [0.25, 0.3) is 0 Å². The Morgan fingerprint density at radius 2 is 2.05 bits per heavy atom. The molecule has 3 rings (SSSR count). The molecule has 1 aromatic rings. The van der Waals surface area contributed by atoms with Gasteiger partial charge in [-0.05, 0) is 30.5 Å². The van der Waals surface area contributed by atoms with Crippen molar-refractivity contribution in [3.8, 4) is 5.75 Å². The van der Waals surface area contributed by atoms with Crippen molar-refractivity contribution in [3.05, 3.63) is 24.3 Å². The zero-order chi connectivity index (χ0) is 14.7. The van der Waals surface area contributed by atoms with Crippen LogP contribution in [0.2, 0.25) is 0 Å². The molecule has 0 saturated carbocycles. The molecule has 4 heteroatoms. The molecule has 0 bridgehead atoms. The molecule has 2 fully saturated rings. The Hall–Kier alpha value is -1.26. The van der Waals surface area contributed by atoms with Crippen molar-refractivity contribution in [2.75, 3.05) is 57.8 Å². The van der Waals surface area contributed by atoms with Crippen LogP contribution < -0.4 is 15.0 Å². The zero-order valence-electron chi connectivity index (χ0n) is 13.3. The molecule has 0 amide bonds. The lowest BCUT2D eigenvalue weighted by Crippen LogP contribution is -2.49. The Morgan fingerprint density at radius 1 is 1.24 bits per heavy atom. The molecular weight excluding hydrogens is 262 g/mol. The molecule has 1 atom stereocenters. The predicted octanol–water partition coefficient (Wildman–Crippen LogP) is 1.82. The molecule has 21 heavy (non-hydrogen) atoms. The van der Waals surface area contributed by atoms with Crippen molar-refractivity contribution in [3.63, 3.8) is 0 Å². The normalized spacial score (nSPS) is 27.0. The van der Waals surface area contributed by atoms with E-state index >= 15 is 0 Å². The fourth-order valence-electron chi connectivity index (χ4n) is 3.51. The quantitative estimate of drug-likeness (QED) is 0.915. The van der Waals surface area contributed by atoms with Gasteiger partial charge in [-0.15, -0.1) is 0 Å². The largest absolute Gasteiger partial charge is 0.497 e. The average molecular weight is 289 g/mol. The Balaban J connectivity index is 1.54. The lowest BCUT2D eigenvalue weighted by atomic mass is 9.89. The summed E-state index contributed by atoms with van der Waals surface area (Å²) < 4.78 is 5.32. The van der Waals surface area contributed by atoms with Crippen LogP contribution in [0.4, 0.5) is 5.69 Å². The molecule has 1 unspecified atom stereocenters. The van der Waals surface area contributed by atoms with Crippen molar-refractivity contribution in [1.29, 1.82) is 0 Å². The summed E-state index contributed by atoms with van der Waals surface area (Å²) in [4.78, 5) is 5.10. The fraction of sp³-hybridized carbons (Fsp3) is 0.647. The fourth-order valence-corrected chi connectivity index (χ4v) is 3.51. The maximum Gasteiger partial charge on any atom is 0.120 e. The number of benzene rings is 1.